The summed E-state index contributed by atoms with van der Waals surface area (Å²) in [6, 6.07) is 24.4. The molecule has 0 radical (unpaired) electrons. The lowest BCUT2D eigenvalue weighted by molar-refractivity contribution is -0.253. The number of nitrogens with one attached hydrogen (secondary N) is 1. The van der Waals surface area contributed by atoms with Gasteiger partial charge < -0.3 is 49.0 Å². The minimum absolute atomic E-state index is 0.00646. The van der Waals surface area contributed by atoms with Crippen molar-refractivity contribution in [1.82, 2.24) is 10.2 Å². The van der Waals surface area contributed by atoms with E-state index in [4.69, 9.17) is 33.7 Å². The first-order chi connectivity index (χ1) is 34.8. The molecule has 3 aromatic rings. The number of likely N-dealkylation sites (N-methyl/N-ethyl adjacent to an activating group) is 1. The highest BCUT2D eigenvalue weighted by Gasteiger charge is 2.65. The first kappa shape index (κ1) is 55.1. The van der Waals surface area contributed by atoms with Crippen LogP contribution in [0.4, 0.5) is 9.59 Å². The average molecular weight is 980 g/mol. The van der Waals surface area contributed by atoms with Gasteiger partial charge in [0.15, 0.2) is 0 Å². The molecule has 1 aliphatic heterocycles. The highest BCUT2D eigenvalue weighted by atomic mass is 16.7. The second kappa shape index (κ2) is 30.0. The summed E-state index contributed by atoms with van der Waals surface area (Å²) in [5.41, 5.74) is 4.40. The second-order valence-corrected chi connectivity index (χ2v) is 19.3. The molecule has 71 heavy (non-hydrogen) atoms. The van der Waals surface area contributed by atoms with E-state index < -0.39 is 29.9 Å². The van der Waals surface area contributed by atoms with Crippen molar-refractivity contribution in [2.75, 3.05) is 46.6 Å². The van der Waals surface area contributed by atoms with Crippen molar-refractivity contribution in [2.45, 2.75) is 147 Å². The van der Waals surface area contributed by atoms with Gasteiger partial charge in [-0.15, -0.1) is 6.58 Å². The van der Waals surface area contributed by atoms with Crippen LogP contribution in [0.15, 0.2) is 108 Å². The molecule has 0 spiro atoms. The van der Waals surface area contributed by atoms with Crippen LogP contribution in [0.25, 0.3) is 0 Å². The number of oxime groups is 1. The smallest absolute Gasteiger partial charge is 0.412 e. The number of rotatable bonds is 32. The average Bonchev–Trinajstić information content (AvgIpc) is 3.38. The van der Waals surface area contributed by atoms with E-state index in [2.05, 4.69) is 24.9 Å². The van der Waals surface area contributed by atoms with Gasteiger partial charge in [-0.3, -0.25) is 0 Å². The summed E-state index contributed by atoms with van der Waals surface area (Å²) in [5.74, 6) is -1.33. The van der Waals surface area contributed by atoms with E-state index in [1.807, 2.05) is 72.8 Å². The summed E-state index contributed by atoms with van der Waals surface area (Å²) in [4.78, 5) is 35.4. The van der Waals surface area contributed by atoms with Crippen molar-refractivity contribution in [3.05, 3.63) is 120 Å². The second-order valence-electron chi connectivity index (χ2n) is 19.3. The highest BCUT2D eigenvalue weighted by molar-refractivity contribution is 6.03. The molecule has 6 rings (SSSR count). The maximum absolute atomic E-state index is 14.3. The van der Waals surface area contributed by atoms with E-state index in [1.165, 1.54) is 44.9 Å². The van der Waals surface area contributed by atoms with E-state index in [9.17, 15) is 19.8 Å². The van der Waals surface area contributed by atoms with Crippen LogP contribution in [0.3, 0.4) is 0 Å². The van der Waals surface area contributed by atoms with Crippen LogP contribution >= 0.6 is 0 Å². The third-order valence-electron chi connectivity index (χ3n) is 14.2. The fraction of sp³-hybridized carbons (Fsp3) is 0.569. The lowest BCUT2D eigenvalue weighted by atomic mass is 9.55. The molecule has 1 saturated carbocycles. The number of unbranched alkanes of at least 4 members (excludes halogenated alkanes) is 11. The van der Waals surface area contributed by atoms with Crippen LogP contribution in [0.1, 0.15) is 139 Å². The van der Waals surface area contributed by atoms with Crippen LogP contribution in [0.2, 0.25) is 0 Å². The summed E-state index contributed by atoms with van der Waals surface area (Å²) in [6.07, 6.45) is 19.6. The Hall–Kier alpha value is -5.21. The number of fused-ring (bicyclic) bond motifs is 2. The maximum atomic E-state index is 14.3. The molecule has 3 aliphatic rings. The maximum Gasteiger partial charge on any atom is 0.412 e. The number of nitrogens with zero attached hydrogens (tertiary/aromatic N) is 2. The number of carbonyl (C=O) groups is 2. The van der Waals surface area contributed by atoms with E-state index in [1.54, 1.807) is 24.1 Å². The van der Waals surface area contributed by atoms with E-state index in [-0.39, 0.29) is 63.8 Å². The number of carbonyl (C=O) groups excluding carboxylic acids is 2. The van der Waals surface area contributed by atoms with E-state index in [0.29, 0.717) is 43.2 Å². The molecule has 1 heterocycles. The largest absolute Gasteiger partial charge is 0.459 e. The molecule has 0 saturated heterocycles. The van der Waals surface area contributed by atoms with Gasteiger partial charge in [-0.05, 0) is 78.8 Å². The van der Waals surface area contributed by atoms with Gasteiger partial charge in [0, 0.05) is 44.7 Å². The van der Waals surface area contributed by atoms with Gasteiger partial charge in [0.1, 0.15) is 30.8 Å². The topological polar surface area (TPSA) is 158 Å². The summed E-state index contributed by atoms with van der Waals surface area (Å²) in [7, 11) is 1.70. The molecule has 1 fully saturated rings. The molecule has 6 atom stereocenters. The van der Waals surface area contributed by atoms with Crippen molar-refractivity contribution in [3.8, 4) is 11.5 Å². The van der Waals surface area contributed by atoms with Crippen LogP contribution in [-0.4, -0.2) is 91.5 Å². The highest BCUT2D eigenvalue weighted by Crippen LogP contribution is 2.62. The molecule has 13 nitrogen and oxygen atoms in total. The molecule has 2 amide bonds. The molecule has 0 unspecified atom stereocenters. The fourth-order valence-electron chi connectivity index (χ4n) is 10.7. The number of allylic oxidation sites excluding steroid dienone is 1. The number of hydrogen-bond acceptors (Lipinski definition) is 11. The van der Waals surface area contributed by atoms with Crippen LogP contribution in [-0.2, 0) is 32.3 Å². The molecular formula is C58H81N3O10. The number of aliphatic hydroxyl groups is 2. The first-order valence-corrected chi connectivity index (χ1v) is 26.5. The number of amides is 2. The van der Waals surface area contributed by atoms with Gasteiger partial charge in [-0.2, -0.15) is 0 Å². The molecule has 3 aromatic carbocycles. The van der Waals surface area contributed by atoms with Crippen LogP contribution in [0, 0.1) is 17.8 Å². The standard InChI is InChI=1S/C58H81N3O10/c1-4-6-7-8-9-10-11-12-13-22-33-59-56(64)70-47-31-32-52-50(40-47)54-48(30-21-24-35-63)46(29-20-23-34-62)39-49-51(60-69-43-45-27-18-15-19-28-45)41-53(58(71-52,55(49)54)68-36-5-2)61(3)57(65)67-38-37-66-42-44-25-16-14-17-26-44/h5,14-19,25-28,31-32,39-40,46,48,53-55,62-63H,2,4,6-13,20-24,29-30,33-38,41-43H2,1,3H3,(H,59,64)/t46-,48+,53-,54+,55+,58+/m0/s1. The Morgan fingerprint density at radius 1 is 0.831 bits per heavy atom. The first-order valence-electron chi connectivity index (χ1n) is 26.5. The van der Waals surface area contributed by atoms with Crippen molar-refractivity contribution in [1.29, 1.82) is 0 Å². The zero-order valence-corrected chi connectivity index (χ0v) is 42.5. The SMILES string of the molecule is C=CCO[C@@]12Oc3ccc(OC(=O)NCCCCCCCCCCCC)cc3[C@H]3[C@H](CCCCO)[C@@H](CCCCO)C=C(C(=NOCc4ccccc4)C[C@@H]1N(C)C(=O)OCCOCc1ccccc1)[C@H]32. The molecule has 13 heteroatoms. The third-order valence-corrected chi connectivity index (χ3v) is 14.2. The minimum Gasteiger partial charge on any atom is -0.459 e. The molecule has 2 aliphatic carbocycles. The summed E-state index contributed by atoms with van der Waals surface area (Å²) >= 11 is 0. The Morgan fingerprint density at radius 3 is 2.17 bits per heavy atom. The predicted octanol–water partition coefficient (Wildman–Crippen LogP) is 11.8. The zero-order chi connectivity index (χ0) is 50.1. The van der Waals surface area contributed by atoms with Crippen molar-refractivity contribution in [2.24, 2.45) is 22.9 Å². The van der Waals surface area contributed by atoms with Gasteiger partial charge in [0.25, 0.3) is 0 Å². The monoisotopic (exact) mass is 980 g/mol. The quantitative estimate of drug-likeness (QED) is 0.0312. The molecule has 0 aromatic heterocycles. The third kappa shape index (κ3) is 15.9. The van der Waals surface area contributed by atoms with Crippen molar-refractivity contribution < 1.29 is 48.3 Å². The fourth-order valence-corrected chi connectivity index (χ4v) is 10.7. The zero-order valence-electron chi connectivity index (χ0n) is 42.5. The minimum atomic E-state index is -1.46. The van der Waals surface area contributed by atoms with Gasteiger partial charge in [-0.1, -0.05) is 156 Å². The normalized spacial score (nSPS) is 21.5. The van der Waals surface area contributed by atoms with Crippen LogP contribution < -0.4 is 14.8 Å². The summed E-state index contributed by atoms with van der Waals surface area (Å²) in [5, 5.41) is 27.8. The van der Waals surface area contributed by atoms with Crippen molar-refractivity contribution >= 4 is 17.9 Å². The van der Waals surface area contributed by atoms with E-state index in [0.717, 1.165) is 67.2 Å². The molecule has 0 bridgehead atoms. The lowest BCUT2D eigenvalue weighted by Crippen LogP contribution is -2.69. The van der Waals surface area contributed by atoms with Gasteiger partial charge >= 0.3 is 12.2 Å². The number of hydrogen-bond donors (Lipinski definition) is 3. The Morgan fingerprint density at radius 2 is 1.49 bits per heavy atom. The van der Waals surface area contributed by atoms with E-state index >= 15 is 0 Å². The number of aliphatic hydroxyl groups excluding tert-OH is 2. The number of benzene rings is 3. The Labute approximate surface area is 422 Å². The predicted molar refractivity (Wildman–Crippen MR) is 277 cm³/mol. The van der Waals surface area contributed by atoms with Crippen molar-refractivity contribution in [3.63, 3.8) is 0 Å². The lowest BCUT2D eigenvalue weighted by Gasteiger charge is -2.59. The number of ether oxygens (including phenoxy) is 5. The molecular weight excluding hydrogens is 899 g/mol. The van der Waals surface area contributed by atoms with Gasteiger partial charge in [0.2, 0.25) is 5.79 Å². The summed E-state index contributed by atoms with van der Waals surface area (Å²) < 4.78 is 32.0. The Balaban J connectivity index is 1.32. The Bertz CT molecular complexity index is 2120. The molecule has 388 valence electrons. The van der Waals surface area contributed by atoms with Crippen LogP contribution in [0.5, 0.6) is 11.5 Å². The molecule has 3 N–H and O–H groups in total. The summed E-state index contributed by atoms with van der Waals surface area (Å²) in [6.45, 7) is 7.92. The van der Waals surface area contributed by atoms with Gasteiger partial charge in [0.05, 0.1) is 31.5 Å². The Kier molecular flexibility index (Phi) is 23.3. The van der Waals surface area contributed by atoms with Gasteiger partial charge in [-0.25, -0.2) is 9.59 Å².